The van der Waals surface area contributed by atoms with E-state index in [9.17, 15) is 13.2 Å². The highest BCUT2D eigenvalue weighted by atomic mass is 32.2. The fourth-order valence-electron chi connectivity index (χ4n) is 1.77. The summed E-state index contributed by atoms with van der Waals surface area (Å²) >= 11 is 0. The Bertz CT molecular complexity index is 383. The highest BCUT2D eigenvalue weighted by Crippen LogP contribution is 2.10. The molecule has 0 saturated carbocycles. The van der Waals surface area contributed by atoms with Crippen molar-refractivity contribution in [3.8, 4) is 0 Å². The molecule has 2 unspecified atom stereocenters. The van der Waals surface area contributed by atoms with E-state index < -0.39 is 16.3 Å². The Balaban J connectivity index is 2.51. The summed E-state index contributed by atoms with van der Waals surface area (Å²) in [5.74, 6) is 0.177. The highest BCUT2D eigenvalue weighted by Gasteiger charge is 2.26. The molecule has 1 saturated heterocycles. The average molecular weight is 279 g/mol. The van der Waals surface area contributed by atoms with E-state index in [4.69, 9.17) is 4.74 Å². The van der Waals surface area contributed by atoms with Crippen molar-refractivity contribution in [2.45, 2.75) is 39.3 Å². The Hall–Kier alpha value is -0.860. The molecule has 7 nitrogen and oxygen atoms in total. The van der Waals surface area contributed by atoms with Crippen molar-refractivity contribution < 1.29 is 17.9 Å². The first kappa shape index (κ1) is 15.2. The number of nitrogens with one attached hydrogen (secondary N) is 3. The van der Waals surface area contributed by atoms with Gasteiger partial charge < -0.3 is 10.1 Å². The van der Waals surface area contributed by atoms with Crippen LogP contribution in [-0.2, 0) is 14.9 Å². The van der Waals surface area contributed by atoms with Crippen molar-refractivity contribution in [2.24, 2.45) is 5.92 Å². The average Bonchev–Trinajstić information content (AvgIpc) is 2.18. The zero-order valence-corrected chi connectivity index (χ0v) is 11.7. The lowest BCUT2D eigenvalue weighted by molar-refractivity contribution is 0.121. The van der Waals surface area contributed by atoms with Gasteiger partial charge in [-0.2, -0.15) is 13.1 Å². The molecule has 1 aliphatic heterocycles. The van der Waals surface area contributed by atoms with Gasteiger partial charge in [0, 0.05) is 6.04 Å². The molecule has 0 aliphatic carbocycles. The Morgan fingerprint density at radius 2 is 2.11 bits per heavy atom. The second-order valence-electron chi connectivity index (χ2n) is 4.75. The molecule has 0 aromatic heterocycles. The van der Waals surface area contributed by atoms with Crippen LogP contribution in [0.2, 0.25) is 0 Å². The molecule has 1 rings (SSSR count). The lowest BCUT2D eigenvalue weighted by Gasteiger charge is -2.29. The molecule has 2 atom stereocenters. The standard InChI is InChI=1S/C10H21N3O4S/c1-7(2)17-10(14)13-18(15,16)12-9-4-5-11-6-8(9)3/h7-9,11-12H,4-6H2,1-3H3,(H,13,14). The van der Waals surface area contributed by atoms with Crippen LogP contribution in [0.3, 0.4) is 0 Å². The largest absolute Gasteiger partial charge is 0.446 e. The second-order valence-corrected chi connectivity index (χ2v) is 6.20. The third-order valence-corrected chi connectivity index (χ3v) is 3.70. The van der Waals surface area contributed by atoms with Crippen LogP contribution < -0.4 is 14.8 Å². The van der Waals surface area contributed by atoms with Gasteiger partial charge >= 0.3 is 16.3 Å². The van der Waals surface area contributed by atoms with Crippen LogP contribution in [0.5, 0.6) is 0 Å². The number of carbonyl (C=O) groups excluding carboxylic acids is 1. The molecule has 0 aromatic rings. The van der Waals surface area contributed by atoms with Crippen molar-refractivity contribution >= 4 is 16.3 Å². The SMILES string of the molecule is CC(C)OC(=O)NS(=O)(=O)NC1CCNCC1C. The summed E-state index contributed by atoms with van der Waals surface area (Å²) < 4.78 is 32.4. The van der Waals surface area contributed by atoms with E-state index in [-0.39, 0.29) is 18.1 Å². The number of piperidine rings is 1. The number of hydrogen-bond acceptors (Lipinski definition) is 5. The summed E-state index contributed by atoms with van der Waals surface area (Å²) in [6.07, 6.45) is -0.626. The van der Waals surface area contributed by atoms with Gasteiger partial charge in [-0.15, -0.1) is 0 Å². The topological polar surface area (TPSA) is 96.5 Å². The van der Waals surface area contributed by atoms with Crippen LogP contribution in [0.25, 0.3) is 0 Å². The quantitative estimate of drug-likeness (QED) is 0.670. The zero-order chi connectivity index (χ0) is 13.8. The molecular formula is C10H21N3O4S. The summed E-state index contributed by atoms with van der Waals surface area (Å²) in [4.78, 5) is 11.2. The number of carbonyl (C=O) groups is 1. The summed E-state index contributed by atoms with van der Waals surface area (Å²) in [5, 5.41) is 3.17. The van der Waals surface area contributed by atoms with E-state index in [1.165, 1.54) is 0 Å². The monoisotopic (exact) mass is 279 g/mol. The van der Waals surface area contributed by atoms with E-state index in [1.54, 1.807) is 13.8 Å². The van der Waals surface area contributed by atoms with E-state index >= 15 is 0 Å². The van der Waals surface area contributed by atoms with Gasteiger partial charge in [-0.3, -0.25) is 0 Å². The number of rotatable bonds is 4. The van der Waals surface area contributed by atoms with Gasteiger partial charge in [-0.25, -0.2) is 9.52 Å². The van der Waals surface area contributed by atoms with Crippen LogP contribution >= 0.6 is 0 Å². The number of amides is 1. The van der Waals surface area contributed by atoms with Gasteiger partial charge in [0.05, 0.1) is 6.10 Å². The lowest BCUT2D eigenvalue weighted by atomic mass is 9.97. The molecule has 8 heteroatoms. The smallest absolute Gasteiger partial charge is 0.422 e. The van der Waals surface area contributed by atoms with Gasteiger partial charge in [0.15, 0.2) is 0 Å². The first-order valence-electron chi connectivity index (χ1n) is 6.01. The van der Waals surface area contributed by atoms with E-state index in [0.717, 1.165) is 13.1 Å². The Morgan fingerprint density at radius 3 is 2.67 bits per heavy atom. The first-order valence-corrected chi connectivity index (χ1v) is 7.50. The fourth-order valence-corrected chi connectivity index (χ4v) is 2.84. The minimum atomic E-state index is -3.86. The minimum Gasteiger partial charge on any atom is -0.446 e. The van der Waals surface area contributed by atoms with Crippen LogP contribution in [-0.4, -0.2) is 39.7 Å². The predicted octanol–water partition coefficient (Wildman–Crippen LogP) is -0.0466. The molecule has 1 fully saturated rings. The zero-order valence-electron chi connectivity index (χ0n) is 10.9. The van der Waals surface area contributed by atoms with Crippen LogP contribution in [0.15, 0.2) is 0 Å². The molecular weight excluding hydrogens is 258 g/mol. The predicted molar refractivity (Wildman–Crippen MR) is 67.2 cm³/mol. The Kier molecular flexibility index (Phi) is 5.36. The summed E-state index contributed by atoms with van der Waals surface area (Å²) in [5.41, 5.74) is 0. The third-order valence-electron chi connectivity index (χ3n) is 2.65. The minimum absolute atomic E-state index is 0.171. The van der Waals surface area contributed by atoms with Gasteiger partial charge in [-0.05, 0) is 39.3 Å². The maximum Gasteiger partial charge on any atom is 0.422 e. The summed E-state index contributed by atoms with van der Waals surface area (Å²) in [6, 6.07) is -0.171. The molecule has 0 bridgehead atoms. The second kappa shape index (κ2) is 6.35. The summed E-state index contributed by atoms with van der Waals surface area (Å²) in [7, 11) is -3.86. The van der Waals surface area contributed by atoms with Crippen molar-refractivity contribution in [2.75, 3.05) is 13.1 Å². The fraction of sp³-hybridized carbons (Fsp3) is 0.900. The highest BCUT2D eigenvalue weighted by molar-refractivity contribution is 7.88. The van der Waals surface area contributed by atoms with E-state index in [2.05, 4.69) is 10.0 Å². The number of hydrogen-bond donors (Lipinski definition) is 3. The summed E-state index contributed by atoms with van der Waals surface area (Å²) in [6.45, 7) is 6.76. The van der Waals surface area contributed by atoms with Crippen LogP contribution in [0, 0.1) is 5.92 Å². The van der Waals surface area contributed by atoms with Crippen molar-refractivity contribution in [1.29, 1.82) is 0 Å². The first-order chi connectivity index (χ1) is 8.30. The molecule has 1 amide bonds. The van der Waals surface area contributed by atoms with E-state index in [0.29, 0.717) is 6.42 Å². The maximum atomic E-state index is 11.7. The Labute approximate surface area is 108 Å². The molecule has 3 N–H and O–H groups in total. The molecule has 106 valence electrons. The lowest BCUT2D eigenvalue weighted by Crippen LogP contribution is -2.52. The maximum absolute atomic E-state index is 11.7. The van der Waals surface area contributed by atoms with Crippen molar-refractivity contribution in [3.05, 3.63) is 0 Å². The van der Waals surface area contributed by atoms with Crippen molar-refractivity contribution in [3.63, 3.8) is 0 Å². The number of ether oxygens (including phenoxy) is 1. The normalized spacial score (nSPS) is 24.9. The van der Waals surface area contributed by atoms with Crippen LogP contribution in [0.4, 0.5) is 4.79 Å². The van der Waals surface area contributed by atoms with Gasteiger partial charge in [0.1, 0.15) is 0 Å². The molecule has 0 aromatic carbocycles. The van der Waals surface area contributed by atoms with E-state index in [1.807, 2.05) is 11.6 Å². The third kappa shape index (κ3) is 5.19. The molecule has 18 heavy (non-hydrogen) atoms. The van der Waals surface area contributed by atoms with Gasteiger partial charge in [0.25, 0.3) is 0 Å². The van der Waals surface area contributed by atoms with Gasteiger partial charge in [0.2, 0.25) is 0 Å². The molecule has 1 aliphatic rings. The molecule has 0 radical (unpaired) electrons. The van der Waals surface area contributed by atoms with Crippen molar-refractivity contribution in [1.82, 2.24) is 14.8 Å². The van der Waals surface area contributed by atoms with Crippen LogP contribution in [0.1, 0.15) is 27.2 Å². The Morgan fingerprint density at radius 1 is 1.44 bits per heavy atom. The van der Waals surface area contributed by atoms with Gasteiger partial charge in [-0.1, -0.05) is 6.92 Å². The molecule has 1 heterocycles. The molecule has 0 spiro atoms.